The third-order valence-corrected chi connectivity index (χ3v) is 3.94. The van der Waals surface area contributed by atoms with Crippen LogP contribution in [0, 0.1) is 6.92 Å². The number of rotatable bonds is 3. The van der Waals surface area contributed by atoms with Crippen LogP contribution in [0.3, 0.4) is 0 Å². The van der Waals surface area contributed by atoms with Crippen LogP contribution in [0.15, 0.2) is 60.7 Å². The molecular weight excluding hydrogens is 256 g/mol. The molecule has 106 valence electrons. The molecule has 0 heterocycles. The Bertz CT molecular complexity index is 772. The molecule has 0 amide bonds. The summed E-state index contributed by atoms with van der Waals surface area (Å²) in [5.74, 6) is 0. The topological polar surface area (TPSA) is 29.3 Å². The zero-order valence-corrected chi connectivity index (χ0v) is 12.5. The molecule has 0 saturated heterocycles. The van der Waals surface area contributed by atoms with E-state index in [1.165, 1.54) is 22.1 Å². The quantitative estimate of drug-likeness (QED) is 0.690. The lowest BCUT2D eigenvalue weighted by Crippen LogP contribution is -2.16. The third-order valence-electron chi connectivity index (χ3n) is 3.94. The predicted molar refractivity (Wildman–Crippen MR) is 92.2 cm³/mol. The molecule has 3 aromatic carbocycles. The highest BCUT2D eigenvalue weighted by Crippen LogP contribution is 2.33. The molecule has 0 bridgehead atoms. The predicted octanol–water partition coefficient (Wildman–Crippen LogP) is 4.89. The molecule has 3 rings (SSSR count). The molecule has 0 fully saturated rings. The Morgan fingerprint density at radius 1 is 0.952 bits per heavy atom. The number of benzene rings is 3. The largest absolute Gasteiger partial charge is 0.399 e. The Morgan fingerprint density at radius 3 is 2.48 bits per heavy atom. The van der Waals surface area contributed by atoms with E-state index in [9.17, 15) is 0 Å². The van der Waals surface area contributed by atoms with Gasteiger partial charge in [-0.05, 0) is 49.1 Å². The number of hydrogen-bond acceptors (Lipinski definition) is 2. The van der Waals surface area contributed by atoms with Crippen molar-refractivity contribution < 1.29 is 0 Å². The van der Waals surface area contributed by atoms with Crippen LogP contribution in [0.2, 0.25) is 0 Å². The third kappa shape index (κ3) is 2.45. The second-order valence-electron chi connectivity index (χ2n) is 5.28. The Morgan fingerprint density at radius 2 is 1.71 bits per heavy atom. The van der Waals surface area contributed by atoms with Gasteiger partial charge in [-0.25, -0.2) is 0 Å². The summed E-state index contributed by atoms with van der Waals surface area (Å²) in [6.07, 6.45) is 0. The molecule has 0 saturated carbocycles. The van der Waals surface area contributed by atoms with E-state index in [1.54, 1.807) is 0 Å². The highest BCUT2D eigenvalue weighted by Gasteiger charge is 2.11. The molecule has 0 aliphatic heterocycles. The number of aryl methyl sites for hydroxylation is 1. The normalized spacial score (nSPS) is 10.8. The van der Waals surface area contributed by atoms with Gasteiger partial charge < -0.3 is 10.6 Å². The Balaban J connectivity index is 2.16. The van der Waals surface area contributed by atoms with Crippen molar-refractivity contribution in [2.45, 2.75) is 13.8 Å². The summed E-state index contributed by atoms with van der Waals surface area (Å²) in [7, 11) is 0. The first-order valence-corrected chi connectivity index (χ1v) is 7.32. The smallest absolute Gasteiger partial charge is 0.0490 e. The van der Waals surface area contributed by atoms with Gasteiger partial charge in [0.25, 0.3) is 0 Å². The monoisotopic (exact) mass is 276 g/mol. The molecule has 21 heavy (non-hydrogen) atoms. The lowest BCUT2D eigenvalue weighted by atomic mass is 10.1. The van der Waals surface area contributed by atoms with Gasteiger partial charge in [0.2, 0.25) is 0 Å². The SMILES string of the molecule is CCN(c1ccc(N)c(C)c1)c1cccc2ccccc12. The first kappa shape index (κ1) is 13.5. The maximum atomic E-state index is 5.94. The second-order valence-corrected chi connectivity index (χ2v) is 5.28. The van der Waals surface area contributed by atoms with Crippen LogP contribution >= 0.6 is 0 Å². The molecule has 2 nitrogen and oxygen atoms in total. The minimum Gasteiger partial charge on any atom is -0.399 e. The molecule has 3 aromatic rings. The highest BCUT2D eigenvalue weighted by molar-refractivity contribution is 5.96. The summed E-state index contributed by atoms with van der Waals surface area (Å²) in [6, 6.07) is 21.2. The van der Waals surface area contributed by atoms with Crippen molar-refractivity contribution in [3.8, 4) is 0 Å². The molecule has 0 spiro atoms. The van der Waals surface area contributed by atoms with Crippen LogP contribution in [-0.4, -0.2) is 6.54 Å². The average molecular weight is 276 g/mol. The van der Waals surface area contributed by atoms with Crippen molar-refractivity contribution in [2.24, 2.45) is 0 Å². The zero-order chi connectivity index (χ0) is 14.8. The second kappa shape index (κ2) is 5.49. The first-order valence-electron chi connectivity index (χ1n) is 7.32. The van der Waals surface area contributed by atoms with Gasteiger partial charge in [-0.3, -0.25) is 0 Å². The van der Waals surface area contributed by atoms with E-state index in [2.05, 4.69) is 73.3 Å². The molecular formula is C19H20N2. The molecule has 0 unspecified atom stereocenters. The highest BCUT2D eigenvalue weighted by atomic mass is 15.1. The molecule has 0 aliphatic carbocycles. The molecule has 0 atom stereocenters. The van der Waals surface area contributed by atoms with Gasteiger partial charge >= 0.3 is 0 Å². The summed E-state index contributed by atoms with van der Waals surface area (Å²) >= 11 is 0. The Hall–Kier alpha value is -2.48. The minimum atomic E-state index is 0.840. The van der Waals surface area contributed by atoms with Crippen molar-refractivity contribution in [1.82, 2.24) is 0 Å². The van der Waals surface area contributed by atoms with E-state index >= 15 is 0 Å². The fourth-order valence-corrected chi connectivity index (χ4v) is 2.76. The van der Waals surface area contributed by atoms with Gasteiger partial charge in [0.05, 0.1) is 0 Å². The molecule has 0 aromatic heterocycles. The molecule has 2 heteroatoms. The van der Waals surface area contributed by atoms with E-state index in [4.69, 9.17) is 5.73 Å². The van der Waals surface area contributed by atoms with Gasteiger partial charge in [0.15, 0.2) is 0 Å². The van der Waals surface area contributed by atoms with Crippen molar-refractivity contribution in [3.63, 3.8) is 0 Å². The Labute approximate surface area is 125 Å². The summed E-state index contributed by atoms with van der Waals surface area (Å²) < 4.78 is 0. The van der Waals surface area contributed by atoms with E-state index in [-0.39, 0.29) is 0 Å². The van der Waals surface area contributed by atoms with Gasteiger partial charge in [-0.1, -0.05) is 36.4 Å². The minimum absolute atomic E-state index is 0.840. The van der Waals surface area contributed by atoms with Gasteiger partial charge in [0.1, 0.15) is 0 Å². The fourth-order valence-electron chi connectivity index (χ4n) is 2.76. The van der Waals surface area contributed by atoms with Crippen molar-refractivity contribution in [3.05, 3.63) is 66.2 Å². The number of hydrogen-bond donors (Lipinski definition) is 1. The maximum Gasteiger partial charge on any atom is 0.0490 e. The number of anilines is 3. The standard InChI is InChI=1S/C19H20N2/c1-3-21(16-11-12-18(20)14(2)13-16)19-10-6-8-15-7-4-5-9-17(15)19/h4-13H,3,20H2,1-2H3. The summed E-state index contributed by atoms with van der Waals surface area (Å²) in [6.45, 7) is 5.14. The average Bonchev–Trinajstić information content (AvgIpc) is 2.52. The van der Waals surface area contributed by atoms with Gasteiger partial charge in [-0.15, -0.1) is 0 Å². The molecule has 0 aliphatic rings. The van der Waals surface area contributed by atoms with Crippen LogP contribution in [0.25, 0.3) is 10.8 Å². The van der Waals surface area contributed by atoms with E-state index in [0.717, 1.165) is 17.8 Å². The van der Waals surface area contributed by atoms with Crippen molar-refractivity contribution in [1.29, 1.82) is 0 Å². The van der Waals surface area contributed by atoms with Crippen LogP contribution in [-0.2, 0) is 0 Å². The van der Waals surface area contributed by atoms with Crippen LogP contribution in [0.4, 0.5) is 17.1 Å². The van der Waals surface area contributed by atoms with Gasteiger partial charge in [0, 0.05) is 29.0 Å². The zero-order valence-electron chi connectivity index (χ0n) is 12.5. The van der Waals surface area contributed by atoms with Crippen molar-refractivity contribution in [2.75, 3.05) is 17.2 Å². The van der Waals surface area contributed by atoms with Crippen LogP contribution in [0.1, 0.15) is 12.5 Å². The van der Waals surface area contributed by atoms with Gasteiger partial charge in [-0.2, -0.15) is 0 Å². The summed E-state index contributed by atoms with van der Waals surface area (Å²) in [5, 5.41) is 2.54. The van der Waals surface area contributed by atoms with Crippen LogP contribution in [0.5, 0.6) is 0 Å². The fraction of sp³-hybridized carbons (Fsp3) is 0.158. The van der Waals surface area contributed by atoms with E-state index in [0.29, 0.717) is 0 Å². The molecule has 2 N–H and O–H groups in total. The summed E-state index contributed by atoms with van der Waals surface area (Å²) in [4.78, 5) is 2.33. The number of fused-ring (bicyclic) bond motifs is 1. The maximum absolute atomic E-state index is 5.94. The number of nitrogens with two attached hydrogens (primary N) is 1. The first-order chi connectivity index (χ1) is 10.2. The lowest BCUT2D eigenvalue weighted by Gasteiger charge is -2.25. The Kier molecular flexibility index (Phi) is 3.53. The van der Waals surface area contributed by atoms with Crippen LogP contribution < -0.4 is 10.6 Å². The van der Waals surface area contributed by atoms with Crippen molar-refractivity contribution >= 4 is 27.8 Å². The van der Waals surface area contributed by atoms with E-state index in [1.807, 2.05) is 6.07 Å². The molecule has 0 radical (unpaired) electrons. The summed E-state index contributed by atoms with van der Waals surface area (Å²) in [5.41, 5.74) is 10.3. The lowest BCUT2D eigenvalue weighted by molar-refractivity contribution is 1.03. The number of nitrogens with zero attached hydrogens (tertiary/aromatic N) is 1. The van der Waals surface area contributed by atoms with E-state index < -0.39 is 0 Å². The number of nitrogen functional groups attached to an aromatic ring is 1.